The van der Waals surface area contributed by atoms with Crippen LogP contribution in [0.15, 0.2) is 64.4 Å². The third kappa shape index (κ3) is 3.07. The predicted octanol–water partition coefficient (Wildman–Crippen LogP) is 3.23. The van der Waals surface area contributed by atoms with Gasteiger partial charge in [0.1, 0.15) is 12.0 Å². The lowest BCUT2D eigenvalue weighted by molar-refractivity contribution is -0.0468. The molecule has 4 heterocycles. The molecule has 0 aliphatic carbocycles. The molecule has 174 valence electrons. The first-order chi connectivity index (χ1) is 16.8. The lowest BCUT2D eigenvalue weighted by Crippen LogP contribution is -2.68. The number of hydrogen-bond donors (Lipinski definition) is 1. The second kappa shape index (κ2) is 7.89. The lowest BCUT2D eigenvalue weighted by Gasteiger charge is -2.53. The summed E-state index contributed by atoms with van der Waals surface area (Å²) in [6.07, 6.45) is 0.693. The Bertz CT molecular complexity index is 1430. The molecule has 34 heavy (non-hydrogen) atoms. The standard InChI is InChI=1S/C25H22FN3O4S/c1-14-11-33-12-21-28(14)25(32)23-24(31)19(30)8-9-27(23)29(21)22-17-7-6-16(26)10-15(17)13-34-20-5-3-2-4-18(20)22/h2-10,14,21-22,31H,11-13H2,1H3/t14-,21+,22+/m0/s1/i22D. The number of aromatic nitrogens is 1. The highest BCUT2D eigenvalue weighted by Gasteiger charge is 2.47. The smallest absolute Gasteiger partial charge is 0.278 e. The largest absolute Gasteiger partial charge is 0.502 e. The Labute approximate surface area is 200 Å². The predicted molar refractivity (Wildman–Crippen MR) is 125 cm³/mol. The van der Waals surface area contributed by atoms with E-state index in [9.17, 15) is 20.5 Å². The second-order valence-corrected chi connectivity index (χ2v) is 9.60. The van der Waals surface area contributed by atoms with E-state index in [-0.39, 0.29) is 24.9 Å². The van der Waals surface area contributed by atoms with Crippen molar-refractivity contribution in [2.24, 2.45) is 0 Å². The zero-order valence-electron chi connectivity index (χ0n) is 19.3. The molecule has 3 aromatic rings. The summed E-state index contributed by atoms with van der Waals surface area (Å²) in [5.74, 6) is -1.11. The van der Waals surface area contributed by atoms with E-state index in [0.29, 0.717) is 22.4 Å². The second-order valence-electron chi connectivity index (χ2n) is 8.58. The number of rotatable bonds is 1. The van der Waals surface area contributed by atoms with Crippen molar-refractivity contribution in [2.75, 3.05) is 18.2 Å². The van der Waals surface area contributed by atoms with Crippen LogP contribution in [0.25, 0.3) is 0 Å². The Hall–Kier alpha value is -3.30. The molecule has 2 aromatic carbocycles. The molecule has 0 bridgehead atoms. The fourth-order valence-electron chi connectivity index (χ4n) is 4.99. The molecule has 1 fully saturated rings. The summed E-state index contributed by atoms with van der Waals surface area (Å²) in [6.45, 7) is 2.23. The van der Waals surface area contributed by atoms with E-state index in [1.165, 1.54) is 40.8 Å². The van der Waals surface area contributed by atoms with Gasteiger partial charge >= 0.3 is 0 Å². The number of aromatic hydroxyl groups is 1. The van der Waals surface area contributed by atoms with Gasteiger partial charge in [-0.25, -0.2) is 4.39 Å². The number of nitrogens with zero attached hydrogens (tertiary/aromatic N) is 3. The molecule has 3 aliphatic rings. The highest BCUT2D eigenvalue weighted by molar-refractivity contribution is 7.98. The van der Waals surface area contributed by atoms with Gasteiger partial charge in [-0.1, -0.05) is 24.3 Å². The molecule has 3 aliphatic heterocycles. The van der Waals surface area contributed by atoms with E-state index in [1.54, 1.807) is 16.0 Å². The number of morpholine rings is 1. The van der Waals surface area contributed by atoms with Gasteiger partial charge in [0.15, 0.2) is 11.4 Å². The average Bonchev–Trinajstić information content (AvgIpc) is 2.96. The average molecular weight is 481 g/mol. The lowest BCUT2D eigenvalue weighted by atomic mass is 9.93. The quantitative estimate of drug-likeness (QED) is 0.577. The summed E-state index contributed by atoms with van der Waals surface area (Å²) >= 11 is 1.51. The minimum Gasteiger partial charge on any atom is -0.502 e. The maximum Gasteiger partial charge on any atom is 0.278 e. The molecular weight excluding hydrogens is 457 g/mol. The molecular formula is C25H22FN3O4S. The number of ether oxygens (including phenoxy) is 1. The molecule has 1 amide bonds. The molecule has 0 saturated carbocycles. The number of thioether (sulfide) groups is 1. The Balaban J connectivity index is 1.72. The first-order valence-electron chi connectivity index (χ1n) is 11.5. The molecule has 3 atom stereocenters. The molecule has 1 saturated heterocycles. The Morgan fingerprint density at radius 3 is 2.82 bits per heavy atom. The number of hydrogen-bond acceptors (Lipinski definition) is 6. The summed E-state index contributed by atoms with van der Waals surface area (Å²) in [7, 11) is 0. The summed E-state index contributed by atoms with van der Waals surface area (Å²) < 4.78 is 31.7. The minimum absolute atomic E-state index is 0.120. The van der Waals surface area contributed by atoms with Crippen LogP contribution in [-0.2, 0) is 10.5 Å². The first-order valence-corrected chi connectivity index (χ1v) is 12.0. The van der Waals surface area contributed by atoms with Crippen molar-refractivity contribution in [3.05, 3.63) is 93.2 Å². The summed E-state index contributed by atoms with van der Waals surface area (Å²) in [6, 6.07) is 11.0. The molecule has 1 N–H and O–H groups in total. The van der Waals surface area contributed by atoms with Crippen LogP contribution in [0.3, 0.4) is 0 Å². The van der Waals surface area contributed by atoms with Gasteiger partial charge in [0.25, 0.3) is 5.91 Å². The zero-order valence-corrected chi connectivity index (χ0v) is 19.1. The van der Waals surface area contributed by atoms with Gasteiger partial charge in [-0.15, -0.1) is 11.8 Å². The first kappa shape index (κ1) is 20.1. The van der Waals surface area contributed by atoms with Crippen LogP contribution in [0.5, 0.6) is 5.75 Å². The maximum atomic E-state index is 14.3. The van der Waals surface area contributed by atoms with Gasteiger partial charge in [-0.3, -0.25) is 19.3 Å². The number of pyridine rings is 1. The van der Waals surface area contributed by atoms with Gasteiger partial charge in [0, 0.05) is 22.9 Å². The van der Waals surface area contributed by atoms with E-state index in [1.807, 2.05) is 31.2 Å². The van der Waals surface area contributed by atoms with Gasteiger partial charge in [0.2, 0.25) is 5.43 Å². The number of amides is 1. The van der Waals surface area contributed by atoms with Crippen molar-refractivity contribution in [3.63, 3.8) is 0 Å². The van der Waals surface area contributed by atoms with Gasteiger partial charge in [0.05, 0.1) is 26.6 Å². The van der Waals surface area contributed by atoms with Gasteiger partial charge in [-0.2, -0.15) is 0 Å². The summed E-state index contributed by atoms with van der Waals surface area (Å²) in [5.41, 5.74) is 0.968. The number of carbonyl (C=O) groups is 1. The number of fused-ring (bicyclic) bond motifs is 4. The van der Waals surface area contributed by atoms with Crippen LogP contribution in [-0.4, -0.2) is 46.0 Å². The van der Waals surface area contributed by atoms with Crippen molar-refractivity contribution in [1.82, 2.24) is 9.58 Å². The van der Waals surface area contributed by atoms with Crippen LogP contribution >= 0.6 is 11.8 Å². The van der Waals surface area contributed by atoms with E-state index in [2.05, 4.69) is 0 Å². The van der Waals surface area contributed by atoms with E-state index in [4.69, 9.17) is 4.74 Å². The SMILES string of the molecule is [2H][C@@]1(N2[C@@H]3COC[C@H](C)N3C(=O)c3c(O)c(=O)ccn32)c2ccc(F)cc2CSc2ccccc21. The molecule has 9 heteroatoms. The Morgan fingerprint density at radius 1 is 1.15 bits per heavy atom. The molecule has 7 nitrogen and oxygen atoms in total. The maximum absolute atomic E-state index is 14.3. The van der Waals surface area contributed by atoms with Crippen LogP contribution in [0.4, 0.5) is 4.39 Å². The molecule has 0 radical (unpaired) electrons. The minimum atomic E-state index is -1.65. The van der Waals surface area contributed by atoms with E-state index in [0.717, 1.165) is 4.90 Å². The highest BCUT2D eigenvalue weighted by atomic mass is 32.2. The molecule has 0 unspecified atom stereocenters. The summed E-state index contributed by atoms with van der Waals surface area (Å²) in [4.78, 5) is 28.4. The van der Waals surface area contributed by atoms with Crippen molar-refractivity contribution >= 4 is 17.7 Å². The number of carbonyl (C=O) groups excluding carboxylic acids is 1. The fourth-order valence-corrected chi connectivity index (χ4v) is 6.03. The Kier molecular flexibility index (Phi) is 4.66. The number of benzene rings is 2. The third-order valence-electron chi connectivity index (χ3n) is 6.50. The third-order valence-corrected chi connectivity index (χ3v) is 7.63. The van der Waals surface area contributed by atoms with Crippen LogP contribution in [0.2, 0.25) is 0 Å². The topological polar surface area (TPSA) is 75.0 Å². The molecule has 1 aromatic heterocycles. The van der Waals surface area contributed by atoms with Crippen molar-refractivity contribution in [2.45, 2.75) is 35.8 Å². The molecule has 6 rings (SSSR count). The van der Waals surface area contributed by atoms with Crippen molar-refractivity contribution in [3.8, 4) is 5.75 Å². The van der Waals surface area contributed by atoms with E-state index < -0.39 is 35.1 Å². The number of halogens is 1. The Morgan fingerprint density at radius 2 is 1.97 bits per heavy atom. The van der Waals surface area contributed by atoms with Gasteiger partial charge in [-0.05, 0) is 41.8 Å². The van der Waals surface area contributed by atoms with Crippen molar-refractivity contribution in [1.29, 1.82) is 0 Å². The monoisotopic (exact) mass is 480 g/mol. The highest BCUT2D eigenvalue weighted by Crippen LogP contribution is 2.44. The normalized spacial score (nSPS) is 26.1. The van der Waals surface area contributed by atoms with Crippen LogP contribution in [0.1, 0.15) is 41.5 Å². The van der Waals surface area contributed by atoms with Gasteiger partial charge < -0.3 is 14.7 Å². The van der Waals surface area contributed by atoms with Crippen LogP contribution in [0, 0.1) is 5.82 Å². The van der Waals surface area contributed by atoms with Crippen LogP contribution < -0.4 is 10.4 Å². The fraction of sp³-hybridized carbons (Fsp3) is 0.280. The zero-order chi connectivity index (χ0) is 24.5. The van der Waals surface area contributed by atoms with E-state index >= 15 is 0 Å². The summed E-state index contributed by atoms with van der Waals surface area (Å²) in [5, 5.41) is 12.4. The van der Waals surface area contributed by atoms with Crippen molar-refractivity contribution < 1.29 is 20.4 Å². The molecule has 0 spiro atoms.